The van der Waals surface area contributed by atoms with Gasteiger partial charge in [-0.2, -0.15) is 0 Å². The van der Waals surface area contributed by atoms with Gasteiger partial charge in [0, 0.05) is 22.7 Å². The zero-order valence-electron chi connectivity index (χ0n) is 27.0. The molecule has 10 aromatic rings. The van der Waals surface area contributed by atoms with Gasteiger partial charge in [-0.1, -0.05) is 152 Å². The van der Waals surface area contributed by atoms with E-state index in [0.29, 0.717) is 17.5 Å². The van der Waals surface area contributed by atoms with Crippen molar-refractivity contribution in [1.82, 2.24) is 19.9 Å². The van der Waals surface area contributed by atoms with Crippen LogP contribution in [0.1, 0.15) is 0 Å². The second-order valence-corrected chi connectivity index (χ2v) is 12.6. The third-order valence-corrected chi connectivity index (χ3v) is 9.77. The summed E-state index contributed by atoms with van der Waals surface area (Å²) in [4.78, 5) is 20.0. The molecule has 0 amide bonds. The van der Waals surface area contributed by atoms with Gasteiger partial charge in [-0.3, -0.25) is 4.98 Å². The minimum atomic E-state index is 0.546. The van der Waals surface area contributed by atoms with Gasteiger partial charge in [-0.05, 0) is 71.7 Å². The summed E-state index contributed by atoms with van der Waals surface area (Å²) in [7, 11) is 0. The summed E-state index contributed by atoms with van der Waals surface area (Å²) in [6.07, 6.45) is 1.86. The zero-order chi connectivity index (χ0) is 33.0. The normalized spacial score (nSPS) is 11.6. The maximum Gasteiger partial charge on any atom is 0.183 e. The summed E-state index contributed by atoms with van der Waals surface area (Å²) in [5, 5.41) is 12.0. The van der Waals surface area contributed by atoms with E-state index >= 15 is 0 Å². The van der Waals surface area contributed by atoms with Gasteiger partial charge in [0.15, 0.2) is 17.5 Å². The van der Waals surface area contributed by atoms with E-state index in [1.807, 2.05) is 36.5 Å². The lowest BCUT2D eigenvalue weighted by Crippen LogP contribution is -2.01. The number of nitrogens with zero attached hydrogens (tertiary/aromatic N) is 4. The topological polar surface area (TPSA) is 51.6 Å². The van der Waals surface area contributed by atoms with E-state index in [2.05, 4.69) is 133 Å². The van der Waals surface area contributed by atoms with Gasteiger partial charge in [0.25, 0.3) is 0 Å². The Kier molecular flexibility index (Phi) is 6.46. The van der Waals surface area contributed by atoms with Crippen LogP contribution in [0.2, 0.25) is 0 Å². The van der Waals surface area contributed by atoms with Gasteiger partial charge >= 0.3 is 0 Å². The van der Waals surface area contributed by atoms with Crippen molar-refractivity contribution < 1.29 is 0 Å². The highest BCUT2D eigenvalue weighted by molar-refractivity contribution is 6.19. The van der Waals surface area contributed by atoms with E-state index in [0.717, 1.165) is 33.2 Å². The summed E-state index contributed by atoms with van der Waals surface area (Å²) in [5.74, 6) is 1.76. The second-order valence-electron chi connectivity index (χ2n) is 12.6. The van der Waals surface area contributed by atoms with Crippen molar-refractivity contribution in [2.24, 2.45) is 0 Å². The fourth-order valence-corrected chi connectivity index (χ4v) is 7.35. The van der Waals surface area contributed by atoms with E-state index < -0.39 is 0 Å². The highest BCUT2D eigenvalue weighted by Crippen LogP contribution is 2.37. The standard InChI is InChI=1S/C46H28N4/c1-2-11-31(12-3-1)44-48-45(32-20-18-30(19-21-32)42-28-33-13-5-7-15-35(33)36-16-8-9-17-37(36)42)50-46(49-44)43-41-25-24-38-34-14-6-4-10-29(34)22-23-39(38)40(41)26-27-47-43/h1-28H. The lowest BCUT2D eigenvalue weighted by atomic mass is 9.93. The predicted molar refractivity (Wildman–Crippen MR) is 207 cm³/mol. The number of benzene rings is 8. The van der Waals surface area contributed by atoms with Gasteiger partial charge < -0.3 is 0 Å². The molecule has 10 rings (SSSR count). The van der Waals surface area contributed by atoms with Crippen molar-refractivity contribution >= 4 is 53.9 Å². The van der Waals surface area contributed by atoms with Crippen molar-refractivity contribution in [1.29, 1.82) is 0 Å². The van der Waals surface area contributed by atoms with E-state index in [4.69, 9.17) is 19.9 Å². The maximum absolute atomic E-state index is 5.09. The molecular weight excluding hydrogens is 609 g/mol. The third kappa shape index (κ3) is 4.61. The predicted octanol–water partition coefficient (Wildman–Crippen LogP) is 11.7. The van der Waals surface area contributed by atoms with Crippen molar-refractivity contribution in [2.75, 3.05) is 0 Å². The van der Waals surface area contributed by atoms with Crippen LogP contribution in [-0.4, -0.2) is 19.9 Å². The summed E-state index contributed by atoms with van der Waals surface area (Å²) in [5.41, 5.74) is 4.92. The van der Waals surface area contributed by atoms with Crippen LogP contribution in [0.25, 0.3) is 99.3 Å². The monoisotopic (exact) mass is 636 g/mol. The quantitative estimate of drug-likeness (QED) is 0.180. The molecule has 8 aromatic carbocycles. The first-order chi connectivity index (χ1) is 24.8. The number of rotatable bonds is 4. The fourth-order valence-electron chi connectivity index (χ4n) is 7.35. The Hall–Kier alpha value is -6.78. The van der Waals surface area contributed by atoms with Gasteiger partial charge in [0.05, 0.1) is 0 Å². The Morgan fingerprint density at radius 1 is 0.300 bits per heavy atom. The molecule has 0 spiro atoms. The van der Waals surface area contributed by atoms with Gasteiger partial charge in [-0.25, -0.2) is 15.0 Å². The van der Waals surface area contributed by atoms with Crippen molar-refractivity contribution in [3.8, 4) is 45.4 Å². The smallest absolute Gasteiger partial charge is 0.183 e. The molecule has 0 atom stereocenters. The van der Waals surface area contributed by atoms with Gasteiger partial charge in [0.1, 0.15) is 5.69 Å². The first-order valence-corrected chi connectivity index (χ1v) is 16.8. The lowest BCUT2D eigenvalue weighted by molar-refractivity contribution is 1.06. The highest BCUT2D eigenvalue weighted by Gasteiger charge is 2.17. The SMILES string of the molecule is c1ccc(-c2nc(-c3ccc(-c4cc5ccccc5c5ccccc45)cc3)nc(-c3nccc4c3ccc3c5ccccc5ccc43)n2)cc1. The molecule has 232 valence electrons. The Balaban J connectivity index is 1.13. The molecule has 0 aliphatic carbocycles. The molecule has 0 aliphatic rings. The molecule has 0 N–H and O–H groups in total. The van der Waals surface area contributed by atoms with Gasteiger partial charge in [-0.15, -0.1) is 0 Å². The van der Waals surface area contributed by atoms with Gasteiger partial charge in [0.2, 0.25) is 0 Å². The number of hydrogen-bond donors (Lipinski definition) is 0. The fraction of sp³-hybridized carbons (Fsp3) is 0. The molecule has 2 aromatic heterocycles. The molecule has 0 saturated carbocycles. The van der Waals surface area contributed by atoms with E-state index in [1.165, 1.54) is 48.7 Å². The van der Waals surface area contributed by atoms with Crippen LogP contribution >= 0.6 is 0 Å². The molecule has 4 nitrogen and oxygen atoms in total. The Morgan fingerprint density at radius 3 is 1.58 bits per heavy atom. The van der Waals surface area contributed by atoms with Crippen LogP contribution < -0.4 is 0 Å². The zero-order valence-corrected chi connectivity index (χ0v) is 27.0. The van der Waals surface area contributed by atoms with E-state index in [1.54, 1.807) is 0 Å². The summed E-state index contributed by atoms with van der Waals surface area (Å²) < 4.78 is 0. The highest BCUT2D eigenvalue weighted by atomic mass is 15.0. The van der Waals surface area contributed by atoms with Crippen LogP contribution in [0, 0.1) is 0 Å². The van der Waals surface area contributed by atoms with Crippen LogP contribution in [0.15, 0.2) is 170 Å². The summed E-state index contributed by atoms with van der Waals surface area (Å²) >= 11 is 0. The van der Waals surface area contributed by atoms with Crippen molar-refractivity contribution in [3.05, 3.63) is 170 Å². The molecule has 0 aliphatic heterocycles. The summed E-state index contributed by atoms with van der Waals surface area (Å²) in [6, 6.07) is 57.5. The molecule has 0 bridgehead atoms. The Bertz CT molecular complexity index is 2920. The number of hydrogen-bond acceptors (Lipinski definition) is 4. The minimum Gasteiger partial charge on any atom is -0.252 e. The molecule has 50 heavy (non-hydrogen) atoms. The maximum atomic E-state index is 5.09. The van der Waals surface area contributed by atoms with E-state index in [-0.39, 0.29) is 0 Å². The van der Waals surface area contributed by atoms with Crippen LogP contribution in [0.5, 0.6) is 0 Å². The molecular formula is C46H28N4. The van der Waals surface area contributed by atoms with Crippen LogP contribution in [0.3, 0.4) is 0 Å². The number of aromatic nitrogens is 4. The lowest BCUT2D eigenvalue weighted by Gasteiger charge is -2.13. The average Bonchev–Trinajstić information content (AvgIpc) is 3.20. The molecule has 0 fully saturated rings. The van der Waals surface area contributed by atoms with E-state index in [9.17, 15) is 0 Å². The molecule has 0 unspecified atom stereocenters. The van der Waals surface area contributed by atoms with Crippen molar-refractivity contribution in [2.45, 2.75) is 0 Å². The first-order valence-electron chi connectivity index (χ1n) is 16.8. The van der Waals surface area contributed by atoms with Crippen molar-refractivity contribution in [3.63, 3.8) is 0 Å². The number of fused-ring (bicyclic) bond motifs is 8. The Morgan fingerprint density at radius 2 is 0.800 bits per heavy atom. The molecule has 2 heterocycles. The Labute approximate surface area is 288 Å². The average molecular weight is 637 g/mol. The molecule has 0 radical (unpaired) electrons. The summed E-state index contributed by atoms with van der Waals surface area (Å²) in [6.45, 7) is 0. The minimum absolute atomic E-state index is 0.546. The molecule has 0 saturated heterocycles. The number of pyridine rings is 1. The second kappa shape index (κ2) is 11.4. The van der Waals surface area contributed by atoms with Crippen LogP contribution in [0.4, 0.5) is 0 Å². The van der Waals surface area contributed by atoms with Crippen LogP contribution in [-0.2, 0) is 0 Å². The largest absolute Gasteiger partial charge is 0.252 e. The first kappa shape index (κ1) is 28.3. The molecule has 4 heteroatoms. The third-order valence-electron chi connectivity index (χ3n) is 9.77.